The molecule has 46 heavy (non-hydrogen) atoms. The van der Waals surface area contributed by atoms with Gasteiger partial charge >= 0.3 is 6.03 Å². The van der Waals surface area contributed by atoms with Gasteiger partial charge in [-0.1, -0.05) is 64.2 Å². The van der Waals surface area contributed by atoms with Crippen molar-refractivity contribution in [2.24, 2.45) is 0 Å². The first-order valence-electron chi connectivity index (χ1n) is 18.2. The highest BCUT2D eigenvalue weighted by Gasteiger charge is 2.42. The Kier molecular flexibility index (Phi) is 18.8. The van der Waals surface area contributed by atoms with Gasteiger partial charge in [0.25, 0.3) is 0 Å². The topological polar surface area (TPSA) is 160 Å². The van der Waals surface area contributed by atoms with E-state index in [1.165, 1.54) is 38.5 Å². The van der Waals surface area contributed by atoms with Crippen LogP contribution >= 0.6 is 11.8 Å². The second kappa shape index (κ2) is 22.5. The Labute approximate surface area is 280 Å². The molecule has 0 radical (unpaired) electrons. The minimum atomic E-state index is -0.536. The summed E-state index contributed by atoms with van der Waals surface area (Å²) < 4.78 is 0. The normalized spacial score (nSPS) is 23.7. The molecule has 0 aliphatic carbocycles. The Morgan fingerprint density at radius 3 is 1.93 bits per heavy atom. The fourth-order valence-corrected chi connectivity index (χ4v) is 8.37. The highest BCUT2D eigenvalue weighted by molar-refractivity contribution is 8.00. The zero-order valence-electron chi connectivity index (χ0n) is 27.9. The van der Waals surface area contributed by atoms with E-state index < -0.39 is 6.10 Å². The maximum absolute atomic E-state index is 12.3. The van der Waals surface area contributed by atoms with E-state index in [9.17, 15) is 29.4 Å². The minimum Gasteiger partial charge on any atom is -0.394 e. The number of likely N-dealkylation sites (tertiary alicyclic amines) is 1. The number of carbonyl (C=O) groups excluding carboxylic acids is 4. The van der Waals surface area contributed by atoms with Crippen LogP contribution in [0.2, 0.25) is 0 Å². The Morgan fingerprint density at radius 1 is 0.761 bits per heavy atom. The van der Waals surface area contributed by atoms with Crippen LogP contribution in [0.15, 0.2) is 0 Å². The summed E-state index contributed by atoms with van der Waals surface area (Å²) in [5.41, 5.74) is 0. The third kappa shape index (κ3) is 14.8. The number of carbonyl (C=O) groups is 4. The van der Waals surface area contributed by atoms with Crippen LogP contribution in [0.5, 0.6) is 0 Å². The van der Waals surface area contributed by atoms with E-state index in [1.807, 2.05) is 11.8 Å². The number of aliphatic hydroxyl groups is 2. The first-order valence-corrected chi connectivity index (χ1v) is 19.2. The summed E-state index contributed by atoms with van der Waals surface area (Å²) in [4.78, 5) is 49.6. The molecule has 5 atom stereocenters. The van der Waals surface area contributed by atoms with E-state index in [-0.39, 0.29) is 48.5 Å². The van der Waals surface area contributed by atoms with Crippen molar-refractivity contribution in [1.29, 1.82) is 0 Å². The van der Waals surface area contributed by atoms with Crippen molar-refractivity contribution in [3.05, 3.63) is 0 Å². The molecule has 3 aliphatic rings. The van der Waals surface area contributed by atoms with Gasteiger partial charge in [0.05, 0.1) is 30.8 Å². The van der Waals surface area contributed by atoms with Crippen LogP contribution in [0.4, 0.5) is 4.79 Å². The summed E-state index contributed by atoms with van der Waals surface area (Å²) >= 11 is 1.93. The maximum atomic E-state index is 12.3. The molecule has 0 saturated carbocycles. The SMILES string of the molecule is O=C(CCCCCCCCCCCCNC(=O)CCCC[C@@H]1SC[C@@H]2NC(=O)N[C@@H]21)NCCCCCC(=O)N1CC(O)C[C@H]1CO. The molecule has 0 aromatic rings. The third-order valence-corrected chi connectivity index (χ3v) is 11.1. The number of nitrogens with one attached hydrogen (secondary N) is 4. The van der Waals surface area contributed by atoms with Crippen LogP contribution < -0.4 is 21.3 Å². The molecule has 0 spiro atoms. The molecule has 11 nitrogen and oxygen atoms in total. The molecule has 5 amide bonds. The molecule has 0 aromatic carbocycles. The highest BCUT2D eigenvalue weighted by Crippen LogP contribution is 2.33. The number of fused-ring (bicyclic) bond motifs is 1. The zero-order valence-corrected chi connectivity index (χ0v) is 28.8. The van der Waals surface area contributed by atoms with Gasteiger partial charge in [0.15, 0.2) is 0 Å². The van der Waals surface area contributed by atoms with E-state index in [0.29, 0.717) is 44.0 Å². The van der Waals surface area contributed by atoms with Crippen molar-refractivity contribution in [2.45, 2.75) is 158 Å². The lowest BCUT2D eigenvalue weighted by Gasteiger charge is -2.22. The molecule has 3 aliphatic heterocycles. The number of rotatable bonds is 25. The Balaban J connectivity index is 0.995. The molecule has 3 saturated heterocycles. The second-order valence-electron chi connectivity index (χ2n) is 13.4. The van der Waals surface area contributed by atoms with Gasteiger partial charge in [0, 0.05) is 49.9 Å². The monoisotopic (exact) mass is 667 g/mol. The number of β-amino-alcohol motifs (C(OH)–C–C–N with tert-alkyl or cyclic N) is 1. The largest absolute Gasteiger partial charge is 0.394 e. The third-order valence-electron chi connectivity index (χ3n) is 9.55. The average Bonchev–Trinajstić information content (AvgIpc) is 3.72. The van der Waals surface area contributed by atoms with E-state index in [0.717, 1.165) is 76.5 Å². The van der Waals surface area contributed by atoms with Crippen LogP contribution in [0, 0.1) is 0 Å². The van der Waals surface area contributed by atoms with Crippen molar-refractivity contribution in [3.8, 4) is 0 Å². The minimum absolute atomic E-state index is 0.00600. The fourth-order valence-electron chi connectivity index (χ4n) is 6.82. The van der Waals surface area contributed by atoms with Crippen molar-refractivity contribution >= 4 is 35.5 Å². The maximum Gasteiger partial charge on any atom is 0.315 e. The van der Waals surface area contributed by atoms with Gasteiger partial charge in [-0.2, -0.15) is 11.8 Å². The van der Waals surface area contributed by atoms with Crippen LogP contribution in [0.3, 0.4) is 0 Å². The predicted octanol–water partition coefficient (Wildman–Crippen LogP) is 3.75. The lowest BCUT2D eigenvalue weighted by atomic mass is 10.0. The summed E-state index contributed by atoms with van der Waals surface area (Å²) in [7, 11) is 0. The van der Waals surface area contributed by atoms with Crippen LogP contribution in [0.25, 0.3) is 0 Å². The number of amides is 5. The summed E-state index contributed by atoms with van der Waals surface area (Å²) in [6.45, 7) is 1.62. The predicted molar refractivity (Wildman–Crippen MR) is 182 cm³/mol. The average molecular weight is 668 g/mol. The molecule has 3 heterocycles. The molecule has 3 fully saturated rings. The molecule has 264 valence electrons. The van der Waals surface area contributed by atoms with Crippen LogP contribution in [-0.2, 0) is 14.4 Å². The van der Waals surface area contributed by atoms with Gasteiger partial charge in [-0.3, -0.25) is 14.4 Å². The van der Waals surface area contributed by atoms with Crippen molar-refractivity contribution < 1.29 is 29.4 Å². The molecule has 0 aromatic heterocycles. The Bertz CT molecular complexity index is 926. The van der Waals surface area contributed by atoms with Gasteiger partial charge in [-0.05, 0) is 44.9 Å². The van der Waals surface area contributed by atoms with Crippen molar-refractivity contribution in [1.82, 2.24) is 26.2 Å². The lowest BCUT2D eigenvalue weighted by Crippen LogP contribution is -2.37. The van der Waals surface area contributed by atoms with E-state index >= 15 is 0 Å². The number of hydrogen-bond donors (Lipinski definition) is 6. The number of urea groups is 1. The number of thioether (sulfide) groups is 1. The zero-order chi connectivity index (χ0) is 33.0. The van der Waals surface area contributed by atoms with Gasteiger partial charge < -0.3 is 36.4 Å². The second-order valence-corrected chi connectivity index (χ2v) is 14.7. The van der Waals surface area contributed by atoms with Gasteiger partial charge in [0.1, 0.15) is 0 Å². The van der Waals surface area contributed by atoms with Crippen LogP contribution in [0.1, 0.15) is 128 Å². The summed E-state index contributed by atoms with van der Waals surface area (Å²) in [6.07, 6.45) is 18.5. The molecule has 12 heteroatoms. The highest BCUT2D eigenvalue weighted by atomic mass is 32.2. The summed E-state index contributed by atoms with van der Waals surface area (Å²) in [6, 6.07) is 0.214. The van der Waals surface area contributed by atoms with Crippen molar-refractivity contribution in [3.63, 3.8) is 0 Å². The first kappa shape index (κ1) is 38.4. The van der Waals surface area contributed by atoms with Gasteiger partial charge in [0.2, 0.25) is 17.7 Å². The Hall–Kier alpha value is -2.05. The molecule has 0 bridgehead atoms. The molecule has 1 unspecified atom stereocenters. The van der Waals surface area contributed by atoms with Crippen molar-refractivity contribution in [2.75, 3.05) is 32.0 Å². The number of nitrogens with zero attached hydrogens (tertiary/aromatic N) is 1. The van der Waals surface area contributed by atoms with Crippen LogP contribution in [-0.4, -0.2) is 100 Å². The van der Waals surface area contributed by atoms with E-state index in [4.69, 9.17) is 0 Å². The smallest absolute Gasteiger partial charge is 0.315 e. The van der Waals surface area contributed by atoms with Gasteiger partial charge in [-0.15, -0.1) is 0 Å². The fraction of sp³-hybridized carbons (Fsp3) is 0.882. The molecule has 3 rings (SSSR count). The standard InChI is InChI=1S/C34H61N5O6S/c40-24-26-22-27(41)23-39(26)32(44)19-11-9-15-21-36-30(42)17-10-7-5-3-1-2-4-6-8-14-20-35-31(43)18-13-12-16-29-33-28(25-46-29)37-34(45)38-33/h26-29,33,40-41H,1-25H2,(H,35,43)(H,36,42)(H2,37,38,45)/t26-,27?,28-,29-,33-/m0/s1. The molecule has 6 N–H and O–H groups in total. The Morgan fingerprint density at radius 2 is 1.30 bits per heavy atom. The first-order chi connectivity index (χ1) is 22.4. The molecular weight excluding hydrogens is 606 g/mol. The van der Waals surface area contributed by atoms with E-state index in [2.05, 4.69) is 21.3 Å². The van der Waals surface area contributed by atoms with E-state index in [1.54, 1.807) is 4.90 Å². The summed E-state index contributed by atoms with van der Waals surface area (Å²) in [5.74, 6) is 1.24. The number of unbranched alkanes of at least 4 members (excludes halogenated alkanes) is 12. The lowest BCUT2D eigenvalue weighted by molar-refractivity contribution is -0.133. The summed E-state index contributed by atoms with van der Waals surface area (Å²) in [5, 5.41) is 31.6. The van der Waals surface area contributed by atoms with Gasteiger partial charge in [-0.25, -0.2) is 4.79 Å². The quantitative estimate of drug-likeness (QED) is 0.0639. The molecular formula is C34H61N5O6S. The number of hydrogen-bond acceptors (Lipinski definition) is 7. The number of aliphatic hydroxyl groups excluding tert-OH is 2.